The van der Waals surface area contributed by atoms with Crippen molar-refractivity contribution in [3.63, 3.8) is 0 Å². The summed E-state index contributed by atoms with van der Waals surface area (Å²) in [7, 11) is 0. The zero-order chi connectivity index (χ0) is 8.69. The van der Waals surface area contributed by atoms with Crippen molar-refractivity contribution < 1.29 is 9.90 Å². The second kappa shape index (κ2) is 4.98. The quantitative estimate of drug-likeness (QED) is 0.476. The lowest BCUT2D eigenvalue weighted by Crippen LogP contribution is -2.03. The van der Waals surface area contributed by atoms with E-state index in [-0.39, 0.29) is 0 Å². The number of anilines is 1. The van der Waals surface area contributed by atoms with Crippen LogP contribution in [0.25, 0.3) is 0 Å². The Kier molecular flexibility index (Phi) is 4.14. The molecule has 0 saturated carbocycles. The number of nitrogens with two attached hydrogens (primary N) is 2. The third-order valence-corrected chi connectivity index (χ3v) is 0.593. The molecule has 0 aromatic carbocycles. The molecular formula is C5H8N4O2. The van der Waals surface area contributed by atoms with Gasteiger partial charge in [-0.1, -0.05) is 0 Å². The Bertz CT molecular complexity index is 209. The lowest BCUT2D eigenvalue weighted by molar-refractivity contribution is 0.205. The largest absolute Gasteiger partial charge is 0.465 e. The van der Waals surface area contributed by atoms with Crippen molar-refractivity contribution in [2.24, 2.45) is 5.73 Å². The van der Waals surface area contributed by atoms with Gasteiger partial charge in [-0.05, 0) is 12.1 Å². The molecule has 11 heavy (non-hydrogen) atoms. The van der Waals surface area contributed by atoms with Gasteiger partial charge >= 0.3 is 6.09 Å². The van der Waals surface area contributed by atoms with Crippen molar-refractivity contribution in [1.82, 2.24) is 10.2 Å². The van der Waals surface area contributed by atoms with Gasteiger partial charge in [0.05, 0.1) is 0 Å². The second-order valence-electron chi connectivity index (χ2n) is 1.49. The lowest BCUT2D eigenvalue weighted by Gasteiger charge is -1.81. The average molecular weight is 156 g/mol. The number of amides is 1. The second-order valence-corrected chi connectivity index (χ2v) is 1.49. The number of carbonyl (C=O) groups is 1. The van der Waals surface area contributed by atoms with Crippen LogP contribution in [0, 0.1) is 0 Å². The number of carboxylic acid groups (broad SMARTS) is 1. The average Bonchev–Trinajstić information content (AvgIpc) is 1.87. The van der Waals surface area contributed by atoms with Gasteiger partial charge in [0.15, 0.2) is 0 Å². The standard InChI is InChI=1S/C4H5N3.CH3NO2/c5-4-2-1-3-6-7-4;2-1(3)4/h1-3H,(H2,5,7);2H2,(H,3,4). The van der Waals surface area contributed by atoms with Crippen LogP contribution in [0.5, 0.6) is 0 Å². The molecule has 0 atom stereocenters. The summed E-state index contributed by atoms with van der Waals surface area (Å²) in [5.41, 5.74) is 9.21. The van der Waals surface area contributed by atoms with Crippen molar-refractivity contribution in [1.29, 1.82) is 0 Å². The Labute approximate surface area is 62.8 Å². The van der Waals surface area contributed by atoms with Gasteiger partial charge in [-0.15, -0.1) is 5.10 Å². The summed E-state index contributed by atoms with van der Waals surface area (Å²) in [6.45, 7) is 0. The SMILES string of the molecule is NC(=O)O.Nc1cccnn1. The van der Waals surface area contributed by atoms with Crippen LogP contribution in [0.4, 0.5) is 10.6 Å². The summed E-state index contributed by atoms with van der Waals surface area (Å²) in [6, 6.07) is 3.43. The predicted octanol–water partition coefficient (Wildman–Crippen LogP) is -0.318. The fourth-order valence-corrected chi connectivity index (χ4v) is 0.313. The van der Waals surface area contributed by atoms with Gasteiger partial charge in [-0.2, -0.15) is 5.10 Å². The molecule has 0 fully saturated rings. The van der Waals surface area contributed by atoms with E-state index < -0.39 is 6.09 Å². The highest BCUT2D eigenvalue weighted by molar-refractivity contribution is 5.61. The monoisotopic (exact) mass is 156 g/mol. The first kappa shape index (κ1) is 9.15. The number of hydrogen-bond acceptors (Lipinski definition) is 4. The van der Waals surface area contributed by atoms with E-state index in [0.717, 1.165) is 0 Å². The van der Waals surface area contributed by atoms with Crippen molar-refractivity contribution >= 4 is 11.9 Å². The maximum absolute atomic E-state index is 8.78. The molecule has 0 aliphatic rings. The highest BCUT2D eigenvalue weighted by Gasteiger charge is 1.75. The molecule has 6 heteroatoms. The molecule has 0 bridgehead atoms. The van der Waals surface area contributed by atoms with Gasteiger partial charge in [-0.3, -0.25) is 0 Å². The van der Waals surface area contributed by atoms with Crippen LogP contribution in [-0.4, -0.2) is 21.4 Å². The Morgan fingerprint density at radius 3 is 2.36 bits per heavy atom. The molecule has 0 unspecified atom stereocenters. The van der Waals surface area contributed by atoms with Crippen LogP contribution in [0.2, 0.25) is 0 Å². The van der Waals surface area contributed by atoms with Crippen molar-refractivity contribution in [2.45, 2.75) is 0 Å². The van der Waals surface area contributed by atoms with E-state index in [1.165, 1.54) is 0 Å². The molecule has 1 aromatic rings. The van der Waals surface area contributed by atoms with Crippen LogP contribution >= 0.6 is 0 Å². The van der Waals surface area contributed by atoms with E-state index in [1.807, 2.05) is 0 Å². The number of hydrogen-bond donors (Lipinski definition) is 3. The summed E-state index contributed by atoms with van der Waals surface area (Å²) in [6.07, 6.45) is 0.246. The van der Waals surface area contributed by atoms with Gasteiger partial charge in [0, 0.05) is 6.20 Å². The Morgan fingerprint density at radius 2 is 2.18 bits per heavy atom. The van der Waals surface area contributed by atoms with Crippen LogP contribution in [0.15, 0.2) is 18.3 Å². The maximum Gasteiger partial charge on any atom is 0.402 e. The zero-order valence-corrected chi connectivity index (χ0v) is 5.64. The molecule has 0 aliphatic carbocycles. The smallest absolute Gasteiger partial charge is 0.402 e. The topological polar surface area (TPSA) is 115 Å². The first-order chi connectivity index (χ1) is 5.13. The fourth-order valence-electron chi connectivity index (χ4n) is 0.313. The highest BCUT2D eigenvalue weighted by Crippen LogP contribution is 1.86. The molecular weight excluding hydrogens is 148 g/mol. The van der Waals surface area contributed by atoms with Crippen molar-refractivity contribution in [2.75, 3.05) is 5.73 Å². The van der Waals surface area contributed by atoms with Crippen molar-refractivity contribution in [3.8, 4) is 0 Å². The highest BCUT2D eigenvalue weighted by atomic mass is 16.4. The van der Waals surface area contributed by atoms with E-state index in [1.54, 1.807) is 18.3 Å². The minimum Gasteiger partial charge on any atom is -0.465 e. The lowest BCUT2D eigenvalue weighted by atomic mass is 10.6. The van der Waals surface area contributed by atoms with Crippen LogP contribution in [0.3, 0.4) is 0 Å². The molecule has 0 aliphatic heterocycles. The number of nitrogens with zero attached hydrogens (tertiary/aromatic N) is 2. The van der Waals surface area contributed by atoms with Gasteiger partial charge in [0.25, 0.3) is 0 Å². The summed E-state index contributed by atoms with van der Waals surface area (Å²) in [5.74, 6) is 0.461. The molecule has 1 amide bonds. The molecule has 0 radical (unpaired) electrons. The number of rotatable bonds is 0. The van der Waals surface area contributed by atoms with Crippen LogP contribution < -0.4 is 11.5 Å². The van der Waals surface area contributed by atoms with E-state index in [9.17, 15) is 0 Å². The summed E-state index contributed by atoms with van der Waals surface area (Å²) >= 11 is 0. The van der Waals surface area contributed by atoms with Crippen LogP contribution in [-0.2, 0) is 0 Å². The van der Waals surface area contributed by atoms with Gasteiger partial charge in [-0.25, -0.2) is 4.79 Å². The minimum atomic E-state index is -1.33. The first-order valence-electron chi connectivity index (χ1n) is 2.64. The number of nitrogen functional groups attached to an aromatic ring is 1. The Balaban J connectivity index is 0.000000218. The molecule has 0 saturated heterocycles. The minimum absolute atomic E-state index is 0.461. The third kappa shape index (κ3) is 8.15. The van der Waals surface area contributed by atoms with E-state index in [0.29, 0.717) is 5.82 Å². The van der Waals surface area contributed by atoms with Gasteiger partial charge in [0.1, 0.15) is 5.82 Å². The Hall–Kier alpha value is -1.85. The molecule has 1 rings (SSSR count). The van der Waals surface area contributed by atoms with E-state index >= 15 is 0 Å². The predicted molar refractivity (Wildman–Crippen MR) is 38.7 cm³/mol. The van der Waals surface area contributed by atoms with E-state index in [4.69, 9.17) is 15.6 Å². The van der Waals surface area contributed by atoms with Gasteiger partial charge in [0.2, 0.25) is 0 Å². The summed E-state index contributed by atoms with van der Waals surface area (Å²) < 4.78 is 0. The zero-order valence-electron chi connectivity index (χ0n) is 5.64. The molecule has 1 heterocycles. The summed E-state index contributed by atoms with van der Waals surface area (Å²) in [5, 5.41) is 14.2. The number of aromatic nitrogens is 2. The Morgan fingerprint density at radius 1 is 1.64 bits per heavy atom. The first-order valence-corrected chi connectivity index (χ1v) is 2.64. The van der Waals surface area contributed by atoms with E-state index in [2.05, 4.69) is 15.9 Å². The third-order valence-electron chi connectivity index (χ3n) is 0.593. The fraction of sp³-hybridized carbons (Fsp3) is 0. The molecule has 5 N–H and O–H groups in total. The van der Waals surface area contributed by atoms with Crippen LogP contribution in [0.1, 0.15) is 0 Å². The molecule has 0 spiro atoms. The molecule has 60 valence electrons. The molecule has 6 nitrogen and oxygen atoms in total. The van der Waals surface area contributed by atoms with Gasteiger partial charge < -0.3 is 16.6 Å². The molecule has 1 aromatic heterocycles. The maximum atomic E-state index is 8.78. The normalized spacial score (nSPS) is 7.64. The van der Waals surface area contributed by atoms with Crippen molar-refractivity contribution in [3.05, 3.63) is 18.3 Å². The number of primary amides is 1. The summed E-state index contributed by atoms with van der Waals surface area (Å²) in [4.78, 5) is 8.78.